The van der Waals surface area contributed by atoms with Crippen LogP contribution in [0.3, 0.4) is 0 Å². The van der Waals surface area contributed by atoms with Gasteiger partial charge >= 0.3 is 17.6 Å². The van der Waals surface area contributed by atoms with Crippen LogP contribution in [-0.2, 0) is 4.79 Å². The number of fused-ring (bicyclic) bond motifs is 1. The number of hydrogen-bond donors (Lipinski definition) is 3. The summed E-state index contributed by atoms with van der Waals surface area (Å²) in [6, 6.07) is 6.09. The van der Waals surface area contributed by atoms with Gasteiger partial charge in [0, 0.05) is 17.1 Å². The fourth-order valence-corrected chi connectivity index (χ4v) is 2.17. The molecule has 7 heteroatoms. The van der Waals surface area contributed by atoms with Crippen molar-refractivity contribution in [2.24, 2.45) is 5.92 Å². The normalized spacial score (nSPS) is 12.1. The summed E-state index contributed by atoms with van der Waals surface area (Å²) in [5.74, 6) is -0.936. The second-order valence-corrected chi connectivity index (χ2v) is 5.63. The van der Waals surface area contributed by atoms with Gasteiger partial charge in [-0.05, 0) is 36.6 Å². The van der Waals surface area contributed by atoms with Crippen LogP contribution in [0, 0.1) is 5.92 Å². The van der Waals surface area contributed by atoms with E-state index in [-0.39, 0.29) is 5.92 Å². The molecule has 0 aliphatic heterocycles. The van der Waals surface area contributed by atoms with Gasteiger partial charge in [-0.3, -0.25) is 0 Å². The molecule has 0 radical (unpaired) electrons. The Labute approximate surface area is 132 Å². The van der Waals surface area contributed by atoms with Crippen molar-refractivity contribution in [3.05, 3.63) is 40.8 Å². The molecule has 1 aromatic carbocycles. The minimum Gasteiger partial charge on any atom is -0.480 e. The molecule has 3 N–H and O–H groups in total. The highest BCUT2D eigenvalue weighted by atomic mass is 16.4. The highest BCUT2D eigenvalue weighted by Gasteiger charge is 2.21. The number of benzene rings is 1. The lowest BCUT2D eigenvalue weighted by Gasteiger charge is -2.17. The van der Waals surface area contributed by atoms with Crippen LogP contribution >= 0.6 is 0 Å². The minimum absolute atomic E-state index is 0.139. The monoisotopic (exact) mass is 318 g/mol. The van der Waals surface area contributed by atoms with Crippen molar-refractivity contribution in [1.82, 2.24) is 5.32 Å². The van der Waals surface area contributed by atoms with E-state index in [1.165, 1.54) is 6.07 Å². The number of carbonyl (C=O) groups excluding carboxylic acids is 1. The lowest BCUT2D eigenvalue weighted by atomic mass is 10.0. The molecule has 1 aromatic heterocycles. The topological polar surface area (TPSA) is 109 Å². The first-order valence-corrected chi connectivity index (χ1v) is 7.19. The predicted molar refractivity (Wildman–Crippen MR) is 85.5 cm³/mol. The molecule has 1 heterocycles. The van der Waals surface area contributed by atoms with Crippen LogP contribution in [0.1, 0.15) is 20.3 Å². The average Bonchev–Trinajstić information content (AvgIpc) is 2.46. The lowest BCUT2D eigenvalue weighted by Crippen LogP contribution is -2.43. The van der Waals surface area contributed by atoms with Crippen LogP contribution in [0.15, 0.2) is 39.5 Å². The zero-order chi connectivity index (χ0) is 17.0. The summed E-state index contributed by atoms with van der Waals surface area (Å²) < 4.78 is 5.00. The molecule has 2 aromatic rings. The van der Waals surface area contributed by atoms with E-state index in [1.807, 2.05) is 13.8 Å². The zero-order valence-corrected chi connectivity index (χ0v) is 12.8. The molecule has 0 bridgehead atoms. The Balaban J connectivity index is 2.08. The molecular formula is C16H18N2O5. The highest BCUT2D eigenvalue weighted by molar-refractivity contribution is 5.94. The highest BCUT2D eigenvalue weighted by Crippen LogP contribution is 2.17. The zero-order valence-electron chi connectivity index (χ0n) is 12.8. The Morgan fingerprint density at radius 2 is 1.96 bits per heavy atom. The Morgan fingerprint density at radius 3 is 2.61 bits per heavy atom. The fourth-order valence-electron chi connectivity index (χ4n) is 2.17. The molecule has 1 unspecified atom stereocenters. The molecule has 0 saturated heterocycles. The van der Waals surface area contributed by atoms with E-state index in [0.717, 1.165) is 0 Å². The van der Waals surface area contributed by atoms with E-state index in [9.17, 15) is 14.4 Å². The number of amides is 2. The van der Waals surface area contributed by atoms with Crippen molar-refractivity contribution in [2.45, 2.75) is 26.3 Å². The van der Waals surface area contributed by atoms with Crippen LogP contribution < -0.4 is 16.3 Å². The molecule has 2 amide bonds. The number of carboxylic acid groups (broad SMARTS) is 1. The summed E-state index contributed by atoms with van der Waals surface area (Å²) >= 11 is 0. The summed E-state index contributed by atoms with van der Waals surface area (Å²) in [6.45, 7) is 3.76. The van der Waals surface area contributed by atoms with Crippen molar-refractivity contribution in [1.29, 1.82) is 0 Å². The minimum atomic E-state index is -1.07. The fraction of sp³-hybridized carbons (Fsp3) is 0.312. The first-order valence-electron chi connectivity index (χ1n) is 7.19. The summed E-state index contributed by atoms with van der Waals surface area (Å²) in [5.41, 5.74) is 0.429. The van der Waals surface area contributed by atoms with Crippen molar-refractivity contribution in [2.75, 3.05) is 5.32 Å². The van der Waals surface area contributed by atoms with E-state index < -0.39 is 23.7 Å². The Hall–Kier alpha value is -2.83. The number of aliphatic carboxylic acids is 1. The van der Waals surface area contributed by atoms with Crippen LogP contribution in [0.2, 0.25) is 0 Å². The lowest BCUT2D eigenvalue weighted by molar-refractivity contribution is -0.139. The maximum Gasteiger partial charge on any atom is 0.336 e. The van der Waals surface area contributed by atoms with Crippen molar-refractivity contribution in [3.8, 4) is 0 Å². The third-order valence-corrected chi connectivity index (χ3v) is 3.19. The summed E-state index contributed by atoms with van der Waals surface area (Å²) in [5, 5.41) is 14.8. The van der Waals surface area contributed by atoms with Gasteiger partial charge in [-0.1, -0.05) is 13.8 Å². The third-order valence-electron chi connectivity index (χ3n) is 3.19. The number of carboxylic acids is 1. The van der Waals surface area contributed by atoms with Crippen molar-refractivity contribution < 1.29 is 19.1 Å². The maximum atomic E-state index is 11.9. The molecule has 0 aliphatic carbocycles. The van der Waals surface area contributed by atoms with Gasteiger partial charge in [0.05, 0.1) is 0 Å². The largest absolute Gasteiger partial charge is 0.480 e. The van der Waals surface area contributed by atoms with Gasteiger partial charge in [0.2, 0.25) is 0 Å². The predicted octanol–water partition coefficient (Wildman–Crippen LogP) is 2.41. The molecule has 0 fully saturated rings. The van der Waals surface area contributed by atoms with Gasteiger partial charge in [0.15, 0.2) is 0 Å². The quantitative estimate of drug-likeness (QED) is 0.734. The Bertz CT molecular complexity index is 781. The van der Waals surface area contributed by atoms with E-state index in [4.69, 9.17) is 9.52 Å². The van der Waals surface area contributed by atoms with E-state index >= 15 is 0 Å². The Kier molecular flexibility index (Phi) is 5.00. The second-order valence-electron chi connectivity index (χ2n) is 5.63. The van der Waals surface area contributed by atoms with Gasteiger partial charge in [-0.2, -0.15) is 0 Å². The molecule has 2 rings (SSSR count). The molecular weight excluding hydrogens is 300 g/mol. The number of rotatable bonds is 5. The number of carbonyl (C=O) groups is 2. The first-order chi connectivity index (χ1) is 10.8. The molecule has 23 heavy (non-hydrogen) atoms. The van der Waals surface area contributed by atoms with Crippen LogP contribution in [0.4, 0.5) is 10.5 Å². The number of anilines is 1. The van der Waals surface area contributed by atoms with Crippen molar-refractivity contribution >= 4 is 28.7 Å². The van der Waals surface area contributed by atoms with Gasteiger partial charge in [0.1, 0.15) is 11.6 Å². The maximum absolute atomic E-state index is 11.9. The molecule has 0 aliphatic rings. The average molecular weight is 318 g/mol. The second kappa shape index (κ2) is 6.95. The Morgan fingerprint density at radius 1 is 1.22 bits per heavy atom. The smallest absolute Gasteiger partial charge is 0.336 e. The summed E-state index contributed by atoms with van der Waals surface area (Å²) in [4.78, 5) is 34.2. The molecule has 7 nitrogen and oxygen atoms in total. The van der Waals surface area contributed by atoms with Gasteiger partial charge in [-0.15, -0.1) is 0 Å². The standard InChI is InChI=1S/C16H18N2O5/c1-9(2)7-12(15(20)21)18-16(22)17-11-4-5-13-10(8-11)3-6-14(19)23-13/h3-6,8-9,12H,7H2,1-2H3,(H,20,21)(H2,17,18,22). The van der Waals surface area contributed by atoms with Crippen LogP contribution in [0.25, 0.3) is 11.0 Å². The molecule has 0 saturated carbocycles. The number of hydrogen-bond acceptors (Lipinski definition) is 4. The van der Waals surface area contributed by atoms with Crippen LogP contribution in [-0.4, -0.2) is 23.1 Å². The van der Waals surface area contributed by atoms with Gasteiger partial charge in [-0.25, -0.2) is 14.4 Å². The van der Waals surface area contributed by atoms with E-state index in [2.05, 4.69) is 10.6 Å². The molecule has 0 spiro atoms. The van der Waals surface area contributed by atoms with Gasteiger partial charge in [0.25, 0.3) is 0 Å². The molecule has 1 atom stereocenters. The van der Waals surface area contributed by atoms with Crippen molar-refractivity contribution in [3.63, 3.8) is 0 Å². The molecule has 122 valence electrons. The SMILES string of the molecule is CC(C)CC(NC(=O)Nc1ccc2oc(=O)ccc2c1)C(=O)O. The summed E-state index contributed by atoms with van der Waals surface area (Å²) in [6.07, 6.45) is 0.339. The van der Waals surface area contributed by atoms with Gasteiger partial charge < -0.3 is 20.2 Å². The van der Waals surface area contributed by atoms with Crippen LogP contribution in [0.5, 0.6) is 0 Å². The third kappa shape index (κ3) is 4.57. The number of urea groups is 1. The van der Waals surface area contributed by atoms with E-state index in [1.54, 1.807) is 24.3 Å². The number of nitrogens with one attached hydrogen (secondary N) is 2. The first kappa shape index (κ1) is 16.5. The summed E-state index contributed by atoms with van der Waals surface area (Å²) in [7, 11) is 0. The van der Waals surface area contributed by atoms with E-state index in [0.29, 0.717) is 23.1 Å².